The minimum absolute atomic E-state index is 0.0490. The van der Waals surface area contributed by atoms with Gasteiger partial charge in [0.15, 0.2) is 12.4 Å². The second-order valence-electron chi connectivity index (χ2n) is 6.28. The molecule has 0 bridgehead atoms. The average molecular weight is 357 g/mol. The summed E-state index contributed by atoms with van der Waals surface area (Å²) >= 11 is 0. The van der Waals surface area contributed by atoms with Crippen LogP contribution in [-0.2, 0) is 14.3 Å². The number of para-hydroxylation sites is 2. The third-order valence-electron chi connectivity index (χ3n) is 4.02. The van der Waals surface area contributed by atoms with Gasteiger partial charge in [0.05, 0.1) is 17.1 Å². The van der Waals surface area contributed by atoms with Gasteiger partial charge in [-0.3, -0.25) is 14.5 Å². The number of esters is 1. The maximum Gasteiger partial charge on any atom is 0.344 e. The van der Waals surface area contributed by atoms with E-state index in [0.29, 0.717) is 22.8 Å². The molecular formula is C18H19N3O5. The van der Waals surface area contributed by atoms with Crippen LogP contribution in [0.3, 0.4) is 0 Å². The highest BCUT2D eigenvalue weighted by Gasteiger charge is 2.29. The van der Waals surface area contributed by atoms with Gasteiger partial charge in [0, 0.05) is 5.92 Å². The Kier molecular flexibility index (Phi) is 4.75. The number of hydrogen-bond acceptors (Lipinski definition) is 6. The number of rotatable bonds is 4. The van der Waals surface area contributed by atoms with Crippen molar-refractivity contribution >= 4 is 29.2 Å². The first kappa shape index (κ1) is 17.7. The molecule has 1 aromatic heterocycles. The lowest BCUT2D eigenvalue weighted by Gasteiger charge is -2.28. The number of nitrogens with one attached hydrogen (secondary N) is 1. The third-order valence-corrected chi connectivity index (χ3v) is 4.02. The van der Waals surface area contributed by atoms with Crippen molar-refractivity contribution in [1.82, 2.24) is 5.16 Å². The Bertz CT molecular complexity index is 871. The van der Waals surface area contributed by atoms with E-state index in [1.807, 2.05) is 13.8 Å². The molecule has 1 aliphatic rings. The molecule has 0 unspecified atom stereocenters. The van der Waals surface area contributed by atoms with Gasteiger partial charge in [-0.1, -0.05) is 31.1 Å². The second-order valence-corrected chi connectivity index (χ2v) is 6.28. The number of aryl methyl sites for hydroxylation is 1. The topological polar surface area (TPSA) is 102 Å². The van der Waals surface area contributed by atoms with E-state index in [-0.39, 0.29) is 23.9 Å². The van der Waals surface area contributed by atoms with Crippen molar-refractivity contribution in [2.45, 2.75) is 26.7 Å². The number of aromatic nitrogens is 1. The minimum Gasteiger partial charge on any atom is -0.452 e. The summed E-state index contributed by atoms with van der Waals surface area (Å²) in [4.78, 5) is 38.0. The molecule has 1 N–H and O–H groups in total. The Hall–Kier alpha value is -3.16. The van der Waals surface area contributed by atoms with E-state index in [4.69, 9.17) is 9.26 Å². The molecule has 0 aliphatic carbocycles. The zero-order valence-electron chi connectivity index (χ0n) is 14.7. The summed E-state index contributed by atoms with van der Waals surface area (Å²) in [6.07, 6.45) is 0. The summed E-state index contributed by atoms with van der Waals surface area (Å²) < 4.78 is 10.3. The lowest BCUT2D eigenvalue weighted by Crippen LogP contribution is -2.44. The standard InChI is InChI=1S/C18H19N3O5/c1-10(2)17-16(11(3)20-26-17)18(24)25-9-15(23)21-8-14(22)19-12-6-4-5-7-13(12)21/h4-7,10H,8-9H2,1-3H3,(H,19,22). The number of carbonyl (C=O) groups is 3. The third kappa shape index (κ3) is 3.30. The Morgan fingerprint density at radius 2 is 2.08 bits per heavy atom. The fourth-order valence-electron chi connectivity index (χ4n) is 2.76. The number of ether oxygens (including phenoxy) is 1. The molecule has 0 saturated heterocycles. The lowest BCUT2D eigenvalue weighted by atomic mass is 10.1. The first-order valence-corrected chi connectivity index (χ1v) is 8.21. The predicted octanol–water partition coefficient (Wildman–Crippen LogP) is 2.25. The molecule has 2 amide bonds. The number of fused-ring (bicyclic) bond motifs is 1. The van der Waals surface area contributed by atoms with Crippen LogP contribution >= 0.6 is 0 Å². The van der Waals surface area contributed by atoms with Gasteiger partial charge in [-0.25, -0.2) is 4.79 Å². The SMILES string of the molecule is Cc1noc(C(C)C)c1C(=O)OCC(=O)N1CC(=O)Nc2ccccc21. The van der Waals surface area contributed by atoms with E-state index in [9.17, 15) is 14.4 Å². The second kappa shape index (κ2) is 6.99. The quantitative estimate of drug-likeness (QED) is 0.842. The van der Waals surface area contributed by atoms with Crippen molar-refractivity contribution in [2.24, 2.45) is 0 Å². The number of hydrogen-bond donors (Lipinski definition) is 1. The largest absolute Gasteiger partial charge is 0.452 e. The van der Waals surface area contributed by atoms with Crippen LogP contribution in [-0.4, -0.2) is 36.1 Å². The van der Waals surface area contributed by atoms with Gasteiger partial charge in [-0.15, -0.1) is 0 Å². The van der Waals surface area contributed by atoms with E-state index in [1.54, 1.807) is 31.2 Å². The van der Waals surface area contributed by atoms with Gasteiger partial charge in [0.1, 0.15) is 12.1 Å². The number of amides is 2. The van der Waals surface area contributed by atoms with Gasteiger partial charge in [0.25, 0.3) is 5.91 Å². The molecule has 136 valence electrons. The van der Waals surface area contributed by atoms with Gasteiger partial charge >= 0.3 is 5.97 Å². The van der Waals surface area contributed by atoms with Crippen LogP contribution in [0.4, 0.5) is 11.4 Å². The van der Waals surface area contributed by atoms with Crippen LogP contribution in [0.15, 0.2) is 28.8 Å². The summed E-state index contributed by atoms with van der Waals surface area (Å²) in [6.45, 7) is 4.76. The molecule has 1 aliphatic heterocycles. The van der Waals surface area contributed by atoms with Crippen molar-refractivity contribution in [3.05, 3.63) is 41.3 Å². The van der Waals surface area contributed by atoms with Gasteiger partial charge in [-0.2, -0.15) is 0 Å². The molecule has 0 atom stereocenters. The van der Waals surface area contributed by atoms with Crippen LogP contribution in [0, 0.1) is 6.92 Å². The van der Waals surface area contributed by atoms with Crippen LogP contribution in [0.1, 0.15) is 41.6 Å². The molecule has 26 heavy (non-hydrogen) atoms. The van der Waals surface area contributed by atoms with E-state index in [0.717, 1.165) is 0 Å². The monoisotopic (exact) mass is 357 g/mol. The normalized spacial score (nSPS) is 13.4. The molecule has 0 radical (unpaired) electrons. The highest BCUT2D eigenvalue weighted by atomic mass is 16.5. The van der Waals surface area contributed by atoms with Gasteiger partial charge in [-0.05, 0) is 19.1 Å². The Labute approximate surface area is 150 Å². The number of carbonyl (C=O) groups excluding carboxylic acids is 3. The Morgan fingerprint density at radius 1 is 1.35 bits per heavy atom. The first-order valence-electron chi connectivity index (χ1n) is 8.21. The van der Waals surface area contributed by atoms with Crippen molar-refractivity contribution in [3.63, 3.8) is 0 Å². The van der Waals surface area contributed by atoms with E-state index in [1.165, 1.54) is 4.90 Å². The molecule has 0 spiro atoms. The van der Waals surface area contributed by atoms with Crippen LogP contribution in [0.2, 0.25) is 0 Å². The fraction of sp³-hybridized carbons (Fsp3) is 0.333. The first-order chi connectivity index (χ1) is 12.4. The van der Waals surface area contributed by atoms with Gasteiger partial charge in [0.2, 0.25) is 5.91 Å². The fourth-order valence-corrected chi connectivity index (χ4v) is 2.76. The summed E-state index contributed by atoms with van der Waals surface area (Å²) in [5.41, 5.74) is 1.76. The maximum absolute atomic E-state index is 12.5. The van der Waals surface area contributed by atoms with Crippen molar-refractivity contribution in [2.75, 3.05) is 23.4 Å². The zero-order chi connectivity index (χ0) is 18.8. The summed E-state index contributed by atoms with van der Waals surface area (Å²) in [5.74, 6) is -1.09. The summed E-state index contributed by atoms with van der Waals surface area (Å²) in [7, 11) is 0. The van der Waals surface area contributed by atoms with Crippen LogP contribution < -0.4 is 10.2 Å². The Balaban J connectivity index is 1.73. The molecule has 2 aromatic rings. The predicted molar refractivity (Wildman–Crippen MR) is 93.0 cm³/mol. The van der Waals surface area contributed by atoms with Crippen LogP contribution in [0.25, 0.3) is 0 Å². The van der Waals surface area contributed by atoms with Crippen molar-refractivity contribution in [3.8, 4) is 0 Å². The Morgan fingerprint density at radius 3 is 2.81 bits per heavy atom. The van der Waals surface area contributed by atoms with Gasteiger partial charge < -0.3 is 14.6 Å². The zero-order valence-corrected chi connectivity index (χ0v) is 14.7. The summed E-state index contributed by atoms with van der Waals surface area (Å²) in [6, 6.07) is 6.94. The highest BCUT2D eigenvalue weighted by Crippen LogP contribution is 2.29. The molecule has 8 nitrogen and oxygen atoms in total. The van der Waals surface area contributed by atoms with E-state index < -0.39 is 18.5 Å². The number of benzene rings is 1. The molecule has 1 aromatic carbocycles. The van der Waals surface area contributed by atoms with Crippen LogP contribution in [0.5, 0.6) is 0 Å². The highest BCUT2D eigenvalue weighted by molar-refractivity contribution is 6.10. The molecule has 3 rings (SSSR count). The number of anilines is 2. The van der Waals surface area contributed by atoms with E-state index in [2.05, 4.69) is 10.5 Å². The molecule has 0 fully saturated rings. The minimum atomic E-state index is -0.671. The van der Waals surface area contributed by atoms with Crippen molar-refractivity contribution in [1.29, 1.82) is 0 Å². The number of nitrogens with zero attached hydrogens (tertiary/aromatic N) is 2. The average Bonchev–Trinajstić information content (AvgIpc) is 3.00. The molecular weight excluding hydrogens is 338 g/mol. The molecule has 0 saturated carbocycles. The summed E-state index contributed by atoms with van der Waals surface area (Å²) in [5, 5.41) is 6.49. The van der Waals surface area contributed by atoms with Crippen molar-refractivity contribution < 1.29 is 23.6 Å². The smallest absolute Gasteiger partial charge is 0.344 e. The van der Waals surface area contributed by atoms with E-state index >= 15 is 0 Å². The molecule has 8 heteroatoms. The lowest BCUT2D eigenvalue weighted by molar-refractivity contribution is -0.124. The molecule has 2 heterocycles. The maximum atomic E-state index is 12.5.